The molecule has 0 radical (unpaired) electrons. The van der Waals surface area contributed by atoms with Gasteiger partial charge in [0, 0.05) is 25.4 Å². The number of nitrogens with one attached hydrogen (secondary N) is 2. The van der Waals surface area contributed by atoms with Crippen LogP contribution in [-0.2, 0) is 11.3 Å². The van der Waals surface area contributed by atoms with Gasteiger partial charge in [0.1, 0.15) is 11.3 Å². The third kappa shape index (κ3) is 5.16. The molecule has 146 valence electrons. The van der Waals surface area contributed by atoms with E-state index in [2.05, 4.69) is 20.6 Å². The molecule has 0 aromatic carbocycles. The number of nitrogens with zero attached hydrogens (tertiary/aromatic N) is 3. The zero-order valence-corrected chi connectivity index (χ0v) is 16.0. The first-order valence-electron chi connectivity index (χ1n) is 9.53. The Morgan fingerprint density at radius 2 is 1.89 bits per heavy atom. The zero-order chi connectivity index (χ0) is 19.8. The van der Waals surface area contributed by atoms with Crippen LogP contribution in [-0.4, -0.2) is 32.7 Å². The number of imidazole rings is 1. The Hall–Kier alpha value is -3.22. The summed E-state index contributed by atoms with van der Waals surface area (Å²) in [6, 6.07) is 11.3. The second kappa shape index (κ2) is 9.64. The van der Waals surface area contributed by atoms with Crippen molar-refractivity contribution in [2.24, 2.45) is 0 Å². The molecule has 7 heteroatoms. The summed E-state index contributed by atoms with van der Waals surface area (Å²) in [4.78, 5) is 32.9. The van der Waals surface area contributed by atoms with Crippen LogP contribution in [0.25, 0.3) is 5.65 Å². The molecule has 2 amide bonds. The average molecular weight is 379 g/mol. The summed E-state index contributed by atoms with van der Waals surface area (Å²) in [5, 5.41) is 5.81. The van der Waals surface area contributed by atoms with Crippen LogP contribution in [0.5, 0.6) is 0 Å². The van der Waals surface area contributed by atoms with E-state index in [0.29, 0.717) is 30.9 Å². The molecule has 0 saturated heterocycles. The number of rotatable bonds is 9. The molecule has 28 heavy (non-hydrogen) atoms. The number of carbonyl (C=O) groups is 2. The number of hydrogen-bond donors (Lipinski definition) is 2. The van der Waals surface area contributed by atoms with Gasteiger partial charge in [-0.15, -0.1) is 0 Å². The number of unbranched alkanes of at least 4 members (excludes halogenated alkanes) is 2. The van der Waals surface area contributed by atoms with E-state index in [1.54, 1.807) is 10.6 Å². The Balaban J connectivity index is 1.33. The molecule has 0 saturated carbocycles. The van der Waals surface area contributed by atoms with Gasteiger partial charge in [-0.2, -0.15) is 0 Å². The Kier molecular flexibility index (Phi) is 6.73. The number of pyridine rings is 2. The lowest BCUT2D eigenvalue weighted by atomic mass is 10.2. The summed E-state index contributed by atoms with van der Waals surface area (Å²) >= 11 is 0. The van der Waals surface area contributed by atoms with Crippen molar-refractivity contribution in [2.45, 2.75) is 39.2 Å². The molecule has 3 aromatic rings. The van der Waals surface area contributed by atoms with E-state index in [1.165, 1.54) is 0 Å². The number of aryl methyl sites for hydroxylation is 1. The van der Waals surface area contributed by atoms with E-state index in [0.717, 1.165) is 30.6 Å². The molecule has 3 heterocycles. The molecule has 2 N–H and O–H groups in total. The first kappa shape index (κ1) is 19.5. The highest BCUT2D eigenvalue weighted by molar-refractivity contribution is 5.94. The zero-order valence-electron chi connectivity index (χ0n) is 16.0. The first-order valence-corrected chi connectivity index (χ1v) is 9.53. The number of aromatic nitrogens is 3. The minimum Gasteiger partial charge on any atom is -0.351 e. The van der Waals surface area contributed by atoms with Crippen molar-refractivity contribution in [1.29, 1.82) is 0 Å². The fourth-order valence-corrected chi connectivity index (χ4v) is 3.04. The lowest BCUT2D eigenvalue weighted by molar-refractivity contribution is -0.121. The van der Waals surface area contributed by atoms with Gasteiger partial charge in [0.05, 0.1) is 17.9 Å². The van der Waals surface area contributed by atoms with E-state index in [1.807, 2.05) is 49.5 Å². The van der Waals surface area contributed by atoms with Gasteiger partial charge in [0.2, 0.25) is 5.91 Å². The van der Waals surface area contributed by atoms with Crippen LogP contribution < -0.4 is 10.6 Å². The summed E-state index contributed by atoms with van der Waals surface area (Å²) in [5.41, 5.74) is 2.90. The SMILES string of the molecule is Cc1nc2ccccn2c1C(=O)NCCCCCC(=O)NCc1ccccn1. The predicted molar refractivity (Wildman–Crippen MR) is 107 cm³/mol. The number of fused-ring (bicyclic) bond motifs is 1. The summed E-state index contributed by atoms with van der Waals surface area (Å²) in [7, 11) is 0. The smallest absolute Gasteiger partial charge is 0.270 e. The normalized spacial score (nSPS) is 10.8. The van der Waals surface area contributed by atoms with E-state index in [4.69, 9.17) is 0 Å². The van der Waals surface area contributed by atoms with Crippen molar-refractivity contribution in [3.8, 4) is 0 Å². The molecular weight excluding hydrogens is 354 g/mol. The average Bonchev–Trinajstić information content (AvgIpc) is 3.05. The van der Waals surface area contributed by atoms with Crippen LogP contribution in [0.2, 0.25) is 0 Å². The summed E-state index contributed by atoms with van der Waals surface area (Å²) in [6.07, 6.45) is 6.53. The maximum absolute atomic E-state index is 12.5. The number of hydrogen-bond acceptors (Lipinski definition) is 4. The Labute approximate surface area is 164 Å². The van der Waals surface area contributed by atoms with Gasteiger partial charge in [-0.1, -0.05) is 18.6 Å². The Morgan fingerprint density at radius 1 is 1.04 bits per heavy atom. The van der Waals surface area contributed by atoms with Gasteiger partial charge in [0.25, 0.3) is 5.91 Å². The molecule has 0 unspecified atom stereocenters. The van der Waals surface area contributed by atoms with Gasteiger partial charge < -0.3 is 10.6 Å². The second-order valence-corrected chi connectivity index (χ2v) is 6.64. The highest BCUT2D eigenvalue weighted by Crippen LogP contribution is 2.11. The third-order valence-electron chi connectivity index (χ3n) is 4.48. The van der Waals surface area contributed by atoms with Gasteiger partial charge in [-0.25, -0.2) is 4.98 Å². The molecule has 0 fully saturated rings. The fraction of sp³-hybridized carbons (Fsp3) is 0.333. The van der Waals surface area contributed by atoms with E-state index >= 15 is 0 Å². The van der Waals surface area contributed by atoms with Crippen LogP contribution in [0.3, 0.4) is 0 Å². The van der Waals surface area contributed by atoms with E-state index in [-0.39, 0.29) is 11.8 Å². The molecule has 0 aliphatic carbocycles. The highest BCUT2D eigenvalue weighted by Gasteiger charge is 2.15. The highest BCUT2D eigenvalue weighted by atomic mass is 16.2. The topological polar surface area (TPSA) is 88.4 Å². The first-order chi connectivity index (χ1) is 13.6. The van der Waals surface area contributed by atoms with Gasteiger partial charge in [0.15, 0.2) is 0 Å². The lowest BCUT2D eigenvalue weighted by Gasteiger charge is -2.07. The minimum absolute atomic E-state index is 0.0241. The second-order valence-electron chi connectivity index (χ2n) is 6.64. The molecular formula is C21H25N5O2. The molecule has 7 nitrogen and oxygen atoms in total. The Bertz CT molecular complexity index is 936. The molecule has 0 aliphatic rings. The summed E-state index contributed by atoms with van der Waals surface area (Å²) < 4.78 is 1.80. The summed E-state index contributed by atoms with van der Waals surface area (Å²) in [5.74, 6) is -0.0969. The van der Waals surface area contributed by atoms with Crippen LogP contribution >= 0.6 is 0 Å². The van der Waals surface area contributed by atoms with Crippen molar-refractivity contribution in [1.82, 2.24) is 25.0 Å². The standard InChI is InChI=1S/C21H25N5O2/c1-16-20(26-14-8-5-10-18(26)25-16)21(28)23-13-6-2-3-11-19(27)24-15-17-9-4-7-12-22-17/h4-5,7-10,12,14H,2-3,6,11,13,15H2,1H3,(H,23,28)(H,24,27). The molecule has 0 spiro atoms. The molecule has 0 aliphatic heterocycles. The maximum atomic E-state index is 12.5. The van der Waals surface area contributed by atoms with Gasteiger partial charge >= 0.3 is 0 Å². The van der Waals surface area contributed by atoms with Crippen molar-refractivity contribution < 1.29 is 9.59 Å². The molecule has 3 rings (SSSR count). The van der Waals surface area contributed by atoms with E-state index < -0.39 is 0 Å². The van der Waals surface area contributed by atoms with Crippen LogP contribution in [0, 0.1) is 6.92 Å². The largest absolute Gasteiger partial charge is 0.351 e. The molecule has 3 aromatic heterocycles. The predicted octanol–water partition coefficient (Wildman–Crippen LogP) is 2.64. The van der Waals surface area contributed by atoms with Crippen LogP contribution in [0.4, 0.5) is 0 Å². The fourth-order valence-electron chi connectivity index (χ4n) is 3.04. The van der Waals surface area contributed by atoms with Gasteiger partial charge in [-0.3, -0.25) is 19.0 Å². The van der Waals surface area contributed by atoms with Crippen molar-refractivity contribution in [2.75, 3.05) is 6.54 Å². The van der Waals surface area contributed by atoms with Crippen LogP contribution in [0.1, 0.15) is 47.6 Å². The van der Waals surface area contributed by atoms with Crippen molar-refractivity contribution in [3.05, 3.63) is 65.9 Å². The quantitative estimate of drug-likeness (QED) is 0.560. The minimum atomic E-state index is -0.121. The molecule has 0 bridgehead atoms. The summed E-state index contributed by atoms with van der Waals surface area (Å²) in [6.45, 7) is 2.87. The molecule has 0 atom stereocenters. The van der Waals surface area contributed by atoms with Crippen LogP contribution in [0.15, 0.2) is 48.8 Å². The van der Waals surface area contributed by atoms with E-state index in [9.17, 15) is 9.59 Å². The monoisotopic (exact) mass is 379 g/mol. The van der Waals surface area contributed by atoms with Crippen molar-refractivity contribution in [3.63, 3.8) is 0 Å². The number of amides is 2. The number of carbonyl (C=O) groups excluding carboxylic acids is 2. The Morgan fingerprint density at radius 3 is 2.71 bits per heavy atom. The van der Waals surface area contributed by atoms with Gasteiger partial charge in [-0.05, 0) is 44.0 Å². The third-order valence-corrected chi connectivity index (χ3v) is 4.48. The lowest BCUT2D eigenvalue weighted by Crippen LogP contribution is -2.26. The van der Waals surface area contributed by atoms with Crippen molar-refractivity contribution >= 4 is 17.5 Å². The maximum Gasteiger partial charge on any atom is 0.270 e.